The van der Waals surface area contributed by atoms with Crippen molar-refractivity contribution >= 4 is 75.1 Å². The molecule has 0 amide bonds. The van der Waals surface area contributed by atoms with Crippen LogP contribution >= 0.6 is 11.3 Å². The van der Waals surface area contributed by atoms with Gasteiger partial charge in [0.05, 0.1) is 22.6 Å². The van der Waals surface area contributed by atoms with Crippen molar-refractivity contribution in [2.24, 2.45) is 0 Å². The van der Waals surface area contributed by atoms with Crippen LogP contribution in [-0.4, -0.2) is 9.13 Å². The maximum atomic E-state index is 2.57. The van der Waals surface area contributed by atoms with Crippen LogP contribution in [0.1, 0.15) is 12.5 Å². The molecule has 1 unspecified atom stereocenters. The Bertz CT molecular complexity index is 3430. The Morgan fingerprint density at radius 3 is 1.93 bits per heavy atom. The maximum absolute atomic E-state index is 2.57. The Morgan fingerprint density at radius 1 is 0.439 bits per heavy atom. The minimum atomic E-state index is 0.260. The lowest BCUT2D eigenvalue weighted by Gasteiger charge is -2.20. The number of hydrogen-bond donors (Lipinski definition) is 0. The van der Waals surface area contributed by atoms with Gasteiger partial charge in [-0.15, -0.1) is 11.3 Å². The molecule has 1 aliphatic carbocycles. The quantitative estimate of drug-likeness (QED) is 0.166. The van der Waals surface area contributed by atoms with E-state index in [0.717, 1.165) is 6.42 Å². The molecule has 3 heterocycles. The zero-order valence-electron chi connectivity index (χ0n) is 31.1. The van der Waals surface area contributed by atoms with Crippen LogP contribution < -0.4 is 0 Å². The molecule has 0 saturated heterocycles. The molecular weight excluding hydrogens is 709 g/mol. The summed E-state index contributed by atoms with van der Waals surface area (Å²) < 4.78 is 7.69. The molecule has 8 aromatic carbocycles. The van der Waals surface area contributed by atoms with E-state index in [1.807, 2.05) is 11.3 Å². The molecule has 0 spiro atoms. The van der Waals surface area contributed by atoms with Gasteiger partial charge >= 0.3 is 0 Å². The van der Waals surface area contributed by atoms with Gasteiger partial charge in [-0.05, 0) is 71.1 Å². The Hall–Kier alpha value is -6.94. The smallest absolute Gasteiger partial charge is 0.0576 e. The molecule has 0 fully saturated rings. The third-order valence-corrected chi connectivity index (χ3v) is 13.2. The summed E-state index contributed by atoms with van der Waals surface area (Å²) in [6, 6.07) is 65.5. The van der Waals surface area contributed by atoms with E-state index in [1.165, 1.54) is 103 Å². The first-order chi connectivity index (χ1) is 28.3. The summed E-state index contributed by atoms with van der Waals surface area (Å²) in [6.07, 6.45) is 9.97. The summed E-state index contributed by atoms with van der Waals surface area (Å²) in [4.78, 5) is 0. The largest absolute Gasteiger partial charge is 0.333 e. The SMILES string of the molecule is C1=CCC(n2c3ccccc3c3cccc(-c4ccc5c(c4)c4ccccc4n5-c4cc(-c5ccc(-c6ccccc6)cc5)c5sc6ccccc6c5c4)c32)C=C1. The van der Waals surface area contributed by atoms with Crippen molar-refractivity contribution in [3.05, 3.63) is 200 Å². The molecule has 1 atom stereocenters. The van der Waals surface area contributed by atoms with Crippen LogP contribution in [0.4, 0.5) is 0 Å². The average molecular weight is 745 g/mol. The molecule has 2 nitrogen and oxygen atoms in total. The van der Waals surface area contributed by atoms with Gasteiger partial charge < -0.3 is 9.13 Å². The number of thiophene rings is 1. The van der Waals surface area contributed by atoms with Crippen molar-refractivity contribution in [2.45, 2.75) is 12.5 Å². The average Bonchev–Trinajstić information content (AvgIpc) is 3.94. The van der Waals surface area contributed by atoms with E-state index in [9.17, 15) is 0 Å². The van der Waals surface area contributed by atoms with Crippen LogP contribution in [0.25, 0.3) is 103 Å². The fourth-order valence-corrected chi connectivity index (χ4v) is 10.7. The van der Waals surface area contributed by atoms with E-state index < -0.39 is 0 Å². The van der Waals surface area contributed by atoms with Gasteiger partial charge in [0.15, 0.2) is 0 Å². The number of fused-ring (bicyclic) bond motifs is 9. The zero-order chi connectivity index (χ0) is 37.5. The number of allylic oxidation sites excluding steroid dienone is 4. The summed E-state index contributed by atoms with van der Waals surface area (Å²) in [5, 5.41) is 7.71. The van der Waals surface area contributed by atoms with Gasteiger partial charge in [-0.2, -0.15) is 0 Å². The summed E-state index contributed by atoms with van der Waals surface area (Å²) in [7, 11) is 0. The van der Waals surface area contributed by atoms with Crippen molar-refractivity contribution < 1.29 is 0 Å². The van der Waals surface area contributed by atoms with Gasteiger partial charge in [0, 0.05) is 64.0 Å². The van der Waals surface area contributed by atoms with Crippen molar-refractivity contribution in [3.63, 3.8) is 0 Å². The van der Waals surface area contributed by atoms with Crippen LogP contribution in [0.2, 0.25) is 0 Å². The minimum absolute atomic E-state index is 0.260. The molecule has 3 heteroatoms. The van der Waals surface area contributed by atoms with E-state index >= 15 is 0 Å². The third kappa shape index (κ3) is 5.02. The Labute approximate surface area is 334 Å². The van der Waals surface area contributed by atoms with E-state index in [4.69, 9.17) is 0 Å². The van der Waals surface area contributed by atoms with Crippen LogP contribution in [0.5, 0.6) is 0 Å². The Kier molecular flexibility index (Phi) is 7.26. The van der Waals surface area contributed by atoms with Crippen LogP contribution in [-0.2, 0) is 0 Å². The van der Waals surface area contributed by atoms with Gasteiger partial charge in [-0.1, -0.05) is 158 Å². The Morgan fingerprint density at radius 2 is 1.11 bits per heavy atom. The van der Waals surface area contributed by atoms with E-state index in [0.29, 0.717) is 0 Å². The highest BCUT2D eigenvalue weighted by Crippen LogP contribution is 2.45. The van der Waals surface area contributed by atoms with E-state index in [2.05, 4.69) is 209 Å². The molecular formula is C54H36N2S. The second kappa shape index (κ2) is 12.8. The highest BCUT2D eigenvalue weighted by Gasteiger charge is 2.22. The lowest BCUT2D eigenvalue weighted by atomic mass is 9.98. The summed E-state index contributed by atoms with van der Waals surface area (Å²) in [5.41, 5.74) is 13.6. The molecule has 1 aliphatic rings. The number of aromatic nitrogens is 2. The molecule has 0 saturated carbocycles. The molecule has 3 aromatic heterocycles. The predicted octanol–water partition coefficient (Wildman–Crippen LogP) is 15.3. The topological polar surface area (TPSA) is 9.86 Å². The normalized spacial score (nSPS) is 14.3. The number of rotatable bonds is 5. The molecule has 12 rings (SSSR count). The van der Waals surface area contributed by atoms with Gasteiger partial charge in [-0.3, -0.25) is 0 Å². The van der Waals surface area contributed by atoms with Crippen LogP contribution in [0.15, 0.2) is 200 Å². The van der Waals surface area contributed by atoms with Crippen LogP contribution in [0.3, 0.4) is 0 Å². The second-order valence-electron chi connectivity index (χ2n) is 15.2. The third-order valence-electron chi connectivity index (χ3n) is 12.0. The molecule has 0 radical (unpaired) electrons. The standard InChI is InChI=1S/C54H36N2S/c1-3-14-35(15-4-1)36-26-28-37(29-27-36)46-33-40(34-48-44-20-9-12-25-52(44)57-54(46)48)55-49-23-10-8-19-43(49)47-32-38(30-31-51(47)55)41-21-13-22-45-42-18-7-11-24-50(42)56(53(41)45)39-16-5-2-6-17-39/h1-16,18-34,39H,17H2. The second-order valence-corrected chi connectivity index (χ2v) is 16.3. The summed E-state index contributed by atoms with van der Waals surface area (Å²) in [6.45, 7) is 0. The fraction of sp³-hybridized carbons (Fsp3) is 0.0370. The van der Waals surface area contributed by atoms with Crippen LogP contribution in [0, 0.1) is 0 Å². The summed E-state index contributed by atoms with van der Waals surface area (Å²) in [5.74, 6) is 0. The molecule has 0 N–H and O–H groups in total. The van der Waals surface area contributed by atoms with Gasteiger partial charge in [0.2, 0.25) is 0 Å². The zero-order valence-corrected chi connectivity index (χ0v) is 32.0. The van der Waals surface area contributed by atoms with E-state index in [-0.39, 0.29) is 6.04 Å². The number of nitrogens with zero attached hydrogens (tertiary/aromatic N) is 2. The minimum Gasteiger partial charge on any atom is -0.333 e. The van der Waals surface area contributed by atoms with Gasteiger partial charge in [0.25, 0.3) is 0 Å². The molecule has 11 aromatic rings. The predicted molar refractivity (Wildman–Crippen MR) is 245 cm³/mol. The van der Waals surface area contributed by atoms with Crippen molar-refractivity contribution in [1.82, 2.24) is 9.13 Å². The lowest BCUT2D eigenvalue weighted by Crippen LogP contribution is -2.07. The molecule has 0 bridgehead atoms. The number of para-hydroxylation sites is 3. The van der Waals surface area contributed by atoms with E-state index in [1.54, 1.807) is 0 Å². The first-order valence-corrected chi connectivity index (χ1v) is 20.6. The van der Waals surface area contributed by atoms with Crippen molar-refractivity contribution in [1.29, 1.82) is 0 Å². The lowest BCUT2D eigenvalue weighted by molar-refractivity contribution is 0.648. The first kappa shape index (κ1) is 32.3. The monoisotopic (exact) mass is 744 g/mol. The van der Waals surface area contributed by atoms with Crippen molar-refractivity contribution in [3.8, 4) is 39.1 Å². The summed E-state index contributed by atoms with van der Waals surface area (Å²) >= 11 is 1.89. The highest BCUT2D eigenvalue weighted by atomic mass is 32.1. The first-order valence-electron chi connectivity index (χ1n) is 19.8. The molecule has 268 valence electrons. The van der Waals surface area contributed by atoms with Crippen molar-refractivity contribution in [2.75, 3.05) is 0 Å². The highest BCUT2D eigenvalue weighted by molar-refractivity contribution is 7.26. The van der Waals surface area contributed by atoms with Gasteiger partial charge in [0.1, 0.15) is 0 Å². The maximum Gasteiger partial charge on any atom is 0.0576 e. The molecule has 0 aliphatic heterocycles. The molecule has 57 heavy (non-hydrogen) atoms. The Balaban J connectivity index is 1.08. The van der Waals surface area contributed by atoms with Gasteiger partial charge in [-0.25, -0.2) is 0 Å². The fourth-order valence-electron chi connectivity index (χ4n) is 9.44. The number of benzene rings is 8. The number of hydrogen-bond acceptors (Lipinski definition) is 1.